The van der Waals surface area contributed by atoms with Crippen LogP contribution in [0.3, 0.4) is 0 Å². The van der Waals surface area contributed by atoms with Gasteiger partial charge in [-0.3, -0.25) is 9.59 Å². The second kappa shape index (κ2) is 6.38. The van der Waals surface area contributed by atoms with E-state index in [9.17, 15) is 14.4 Å². The second-order valence-corrected chi connectivity index (χ2v) is 7.04. The summed E-state index contributed by atoms with van der Waals surface area (Å²) in [6, 6.07) is 19.5. The number of carbonyl (C=O) groups is 3. The van der Waals surface area contributed by atoms with Crippen molar-refractivity contribution in [1.82, 2.24) is 0 Å². The van der Waals surface area contributed by atoms with Crippen LogP contribution >= 0.6 is 0 Å². The fourth-order valence-electron chi connectivity index (χ4n) is 4.04. The highest BCUT2D eigenvalue weighted by atomic mass is 16.6. The Morgan fingerprint density at radius 2 is 1.31 bits per heavy atom. The summed E-state index contributed by atoms with van der Waals surface area (Å²) in [6.45, 7) is 1.97. The number of ketones is 2. The molecule has 1 heterocycles. The molecule has 3 aromatic carbocycles. The Morgan fingerprint density at radius 1 is 0.690 bits per heavy atom. The molecule has 0 bridgehead atoms. The number of carbonyl (C=O) groups excluding carboxylic acids is 3. The number of rotatable bonds is 3. The van der Waals surface area contributed by atoms with Crippen LogP contribution in [0, 0.1) is 0 Å². The predicted octanol–water partition coefficient (Wildman–Crippen LogP) is 4.77. The smallest absolute Gasteiger partial charge is 0.348 e. The highest BCUT2D eigenvalue weighted by molar-refractivity contribution is 6.52. The number of ether oxygens (including phenoxy) is 1. The molecular formula is C25H16O4. The maximum Gasteiger partial charge on any atom is 0.348 e. The zero-order valence-electron chi connectivity index (χ0n) is 15.7. The zero-order chi connectivity index (χ0) is 20.1. The SMILES string of the molecule is CCc1ccc(C2=C(c3ccccc3)C(=O)c3ccccc3C2=O)c2c1OC2=O. The Balaban J connectivity index is 1.85. The monoisotopic (exact) mass is 380 g/mol. The van der Waals surface area contributed by atoms with Crippen LogP contribution in [0.5, 0.6) is 5.75 Å². The number of aryl methyl sites for hydroxylation is 1. The van der Waals surface area contributed by atoms with Crippen LogP contribution in [-0.4, -0.2) is 17.5 Å². The molecule has 5 rings (SSSR count). The van der Waals surface area contributed by atoms with Gasteiger partial charge < -0.3 is 4.74 Å². The first kappa shape index (κ1) is 17.3. The van der Waals surface area contributed by atoms with Gasteiger partial charge in [0.2, 0.25) is 0 Å². The van der Waals surface area contributed by atoms with Crippen LogP contribution in [0.15, 0.2) is 66.7 Å². The van der Waals surface area contributed by atoms with E-state index in [1.54, 1.807) is 42.5 Å². The van der Waals surface area contributed by atoms with E-state index in [0.29, 0.717) is 45.6 Å². The first-order chi connectivity index (χ1) is 14.1. The van der Waals surface area contributed by atoms with Crippen LogP contribution in [0.25, 0.3) is 11.1 Å². The quantitative estimate of drug-likeness (QED) is 0.614. The van der Waals surface area contributed by atoms with Gasteiger partial charge in [0.25, 0.3) is 0 Å². The number of benzene rings is 3. The summed E-state index contributed by atoms with van der Waals surface area (Å²) in [6.07, 6.45) is 0.705. The Morgan fingerprint density at radius 3 is 1.93 bits per heavy atom. The Bertz CT molecular complexity index is 1250. The minimum Gasteiger partial charge on any atom is -0.422 e. The molecule has 3 aromatic rings. The minimum atomic E-state index is -0.468. The molecule has 0 N–H and O–H groups in total. The first-order valence-electron chi connectivity index (χ1n) is 9.48. The van der Waals surface area contributed by atoms with Gasteiger partial charge in [-0.1, -0.05) is 73.7 Å². The van der Waals surface area contributed by atoms with Gasteiger partial charge in [-0.15, -0.1) is 0 Å². The average Bonchev–Trinajstić information content (AvgIpc) is 2.75. The molecule has 0 atom stereocenters. The van der Waals surface area contributed by atoms with Crippen molar-refractivity contribution in [1.29, 1.82) is 0 Å². The molecule has 29 heavy (non-hydrogen) atoms. The topological polar surface area (TPSA) is 60.4 Å². The summed E-state index contributed by atoms with van der Waals surface area (Å²) in [5.41, 5.74) is 3.71. The highest BCUT2D eigenvalue weighted by Gasteiger charge is 2.39. The van der Waals surface area contributed by atoms with Crippen molar-refractivity contribution in [2.45, 2.75) is 13.3 Å². The standard InChI is InChI=1S/C25H16O4/c1-2-14-12-13-18(21-24(14)29-25(21)28)20-19(15-8-4-3-5-9-15)22(26)16-10-6-7-11-17(16)23(20)27/h3-13H,2H2,1H3. The number of hydrogen-bond acceptors (Lipinski definition) is 4. The largest absolute Gasteiger partial charge is 0.422 e. The summed E-state index contributed by atoms with van der Waals surface area (Å²) in [7, 11) is 0. The summed E-state index contributed by atoms with van der Waals surface area (Å²) in [5, 5.41) is 0. The fraction of sp³-hybridized carbons (Fsp3) is 0.0800. The lowest BCUT2D eigenvalue weighted by molar-refractivity contribution is 0.0655. The van der Waals surface area contributed by atoms with Gasteiger partial charge in [-0.05, 0) is 17.5 Å². The number of Topliss-reactive ketones (excluding diaryl/α,β-unsaturated/α-hetero) is 2. The van der Waals surface area contributed by atoms with E-state index < -0.39 is 5.97 Å². The predicted molar refractivity (Wildman–Crippen MR) is 109 cm³/mol. The minimum absolute atomic E-state index is 0.220. The van der Waals surface area contributed by atoms with Crippen molar-refractivity contribution in [2.75, 3.05) is 0 Å². The third kappa shape index (κ3) is 2.42. The number of allylic oxidation sites excluding steroid dienone is 2. The lowest BCUT2D eigenvalue weighted by atomic mass is 9.77. The summed E-state index contributed by atoms with van der Waals surface area (Å²) in [4.78, 5) is 39.3. The Labute approximate surface area is 167 Å². The molecule has 1 aliphatic carbocycles. The van der Waals surface area contributed by atoms with E-state index in [0.717, 1.165) is 5.56 Å². The summed E-state index contributed by atoms with van der Waals surface area (Å²) in [5.74, 6) is -0.439. The lowest BCUT2D eigenvalue weighted by Gasteiger charge is -2.27. The van der Waals surface area contributed by atoms with Crippen molar-refractivity contribution in [2.24, 2.45) is 0 Å². The normalized spacial score (nSPS) is 14.9. The molecule has 1 aliphatic heterocycles. The van der Waals surface area contributed by atoms with Gasteiger partial charge in [-0.25, -0.2) is 4.79 Å². The molecule has 0 saturated carbocycles. The molecule has 2 aliphatic rings. The van der Waals surface area contributed by atoms with Crippen LogP contribution in [-0.2, 0) is 6.42 Å². The van der Waals surface area contributed by atoms with Crippen LogP contribution in [0.4, 0.5) is 0 Å². The molecule has 0 saturated heterocycles. The van der Waals surface area contributed by atoms with Gasteiger partial charge in [-0.2, -0.15) is 0 Å². The van der Waals surface area contributed by atoms with E-state index in [4.69, 9.17) is 4.74 Å². The van der Waals surface area contributed by atoms with Gasteiger partial charge in [0.1, 0.15) is 11.3 Å². The van der Waals surface area contributed by atoms with Crippen molar-refractivity contribution in [3.05, 3.63) is 100 Å². The lowest BCUT2D eigenvalue weighted by Crippen LogP contribution is -2.27. The maximum absolute atomic E-state index is 13.5. The van der Waals surface area contributed by atoms with Crippen LogP contribution < -0.4 is 4.74 Å². The Hall–Kier alpha value is -3.79. The molecular weight excluding hydrogens is 364 g/mol. The van der Waals surface area contributed by atoms with E-state index in [1.807, 2.05) is 31.2 Å². The van der Waals surface area contributed by atoms with E-state index >= 15 is 0 Å². The first-order valence-corrected chi connectivity index (χ1v) is 9.48. The molecule has 0 aromatic heterocycles. The third-order valence-electron chi connectivity index (χ3n) is 5.47. The van der Waals surface area contributed by atoms with Crippen LogP contribution in [0.2, 0.25) is 0 Å². The summed E-state index contributed by atoms with van der Waals surface area (Å²) < 4.78 is 5.25. The van der Waals surface area contributed by atoms with Crippen molar-refractivity contribution < 1.29 is 19.1 Å². The number of esters is 1. The third-order valence-corrected chi connectivity index (χ3v) is 5.47. The van der Waals surface area contributed by atoms with Gasteiger partial charge in [0.15, 0.2) is 11.6 Å². The van der Waals surface area contributed by atoms with E-state index in [1.165, 1.54) is 0 Å². The molecule has 140 valence electrons. The molecule has 0 amide bonds. The van der Waals surface area contributed by atoms with Crippen molar-refractivity contribution in [3.8, 4) is 5.75 Å². The molecule has 4 nitrogen and oxygen atoms in total. The average molecular weight is 380 g/mol. The van der Waals surface area contributed by atoms with Gasteiger partial charge >= 0.3 is 5.97 Å². The fourth-order valence-corrected chi connectivity index (χ4v) is 4.04. The molecule has 0 spiro atoms. The van der Waals surface area contributed by atoms with E-state index in [2.05, 4.69) is 0 Å². The van der Waals surface area contributed by atoms with E-state index in [-0.39, 0.29) is 17.1 Å². The number of hydrogen-bond donors (Lipinski definition) is 0. The highest BCUT2D eigenvalue weighted by Crippen LogP contribution is 2.44. The van der Waals surface area contributed by atoms with Crippen LogP contribution in [0.1, 0.15) is 54.7 Å². The molecule has 0 radical (unpaired) electrons. The molecule has 4 heteroatoms. The molecule has 0 unspecified atom stereocenters. The second-order valence-electron chi connectivity index (χ2n) is 7.04. The maximum atomic E-state index is 13.5. The Kier molecular flexibility index (Phi) is 3.81. The van der Waals surface area contributed by atoms with Gasteiger partial charge in [0.05, 0.1) is 0 Å². The zero-order valence-corrected chi connectivity index (χ0v) is 15.7. The van der Waals surface area contributed by atoms with Crippen molar-refractivity contribution >= 4 is 28.7 Å². The van der Waals surface area contributed by atoms with Gasteiger partial charge in [0, 0.05) is 27.8 Å². The van der Waals surface area contributed by atoms with Crippen molar-refractivity contribution in [3.63, 3.8) is 0 Å². The number of fused-ring (bicyclic) bond motifs is 2. The summed E-state index contributed by atoms with van der Waals surface area (Å²) >= 11 is 0. The molecule has 0 fully saturated rings.